The molecule has 2 heterocycles. The number of ether oxygens (including phenoxy) is 1. The molecule has 0 unspecified atom stereocenters. The minimum absolute atomic E-state index is 0.0608. The molecule has 1 N–H and O–H groups in total. The average molecular weight is 329 g/mol. The number of anilines is 1. The van der Waals surface area contributed by atoms with Crippen LogP contribution in [-0.2, 0) is 0 Å². The van der Waals surface area contributed by atoms with Crippen LogP contribution in [0.3, 0.4) is 0 Å². The van der Waals surface area contributed by atoms with E-state index in [2.05, 4.69) is 15.3 Å². The van der Waals surface area contributed by atoms with Crippen molar-refractivity contribution in [2.75, 3.05) is 26.1 Å². The maximum absolute atomic E-state index is 14.5. The van der Waals surface area contributed by atoms with E-state index in [0.29, 0.717) is 5.69 Å². The Morgan fingerprint density at radius 2 is 2.08 bits per heavy atom. The highest BCUT2D eigenvalue weighted by Crippen LogP contribution is 2.21. The molecule has 0 aliphatic carbocycles. The SMILES string of the molecule is COc1cn(-c2ccc(N(C)C)cc2F)nc(-c2ccn[nH]2)c1=O. The molecule has 0 saturated heterocycles. The van der Waals surface area contributed by atoms with E-state index in [-0.39, 0.29) is 17.1 Å². The van der Waals surface area contributed by atoms with E-state index in [0.717, 1.165) is 5.69 Å². The Kier molecular flexibility index (Phi) is 4.03. The van der Waals surface area contributed by atoms with Crippen LogP contribution in [0.5, 0.6) is 5.75 Å². The average Bonchev–Trinajstić information content (AvgIpc) is 3.09. The first-order valence-corrected chi connectivity index (χ1v) is 7.16. The first-order chi connectivity index (χ1) is 11.5. The molecule has 1 aromatic carbocycles. The molecule has 124 valence electrons. The minimum atomic E-state index is -0.463. The Morgan fingerprint density at radius 1 is 1.29 bits per heavy atom. The third kappa shape index (κ3) is 2.73. The van der Waals surface area contributed by atoms with Crippen LogP contribution >= 0.6 is 0 Å². The first-order valence-electron chi connectivity index (χ1n) is 7.16. The largest absolute Gasteiger partial charge is 0.491 e. The maximum atomic E-state index is 14.5. The quantitative estimate of drug-likeness (QED) is 0.790. The van der Waals surface area contributed by atoms with Gasteiger partial charge < -0.3 is 9.64 Å². The zero-order valence-corrected chi connectivity index (χ0v) is 13.4. The van der Waals surface area contributed by atoms with Crippen molar-refractivity contribution >= 4 is 5.69 Å². The monoisotopic (exact) mass is 329 g/mol. The Labute approximate surface area is 137 Å². The summed E-state index contributed by atoms with van der Waals surface area (Å²) in [5.41, 5.74) is 1.06. The summed E-state index contributed by atoms with van der Waals surface area (Å²) >= 11 is 0. The van der Waals surface area contributed by atoms with Crippen molar-refractivity contribution in [3.8, 4) is 22.8 Å². The third-order valence-electron chi connectivity index (χ3n) is 3.56. The molecule has 0 radical (unpaired) electrons. The van der Waals surface area contributed by atoms with Gasteiger partial charge in [0.05, 0.1) is 19.0 Å². The van der Waals surface area contributed by atoms with Gasteiger partial charge in [-0.1, -0.05) is 0 Å². The van der Waals surface area contributed by atoms with Gasteiger partial charge in [-0.25, -0.2) is 9.07 Å². The lowest BCUT2D eigenvalue weighted by Gasteiger charge is -2.15. The van der Waals surface area contributed by atoms with Crippen LogP contribution in [0.4, 0.5) is 10.1 Å². The Hall–Kier alpha value is -3.16. The number of hydrogen-bond acceptors (Lipinski definition) is 5. The third-order valence-corrected chi connectivity index (χ3v) is 3.56. The predicted molar refractivity (Wildman–Crippen MR) is 88.3 cm³/mol. The fraction of sp³-hybridized carbons (Fsp3) is 0.188. The van der Waals surface area contributed by atoms with Crippen LogP contribution in [0, 0.1) is 5.82 Å². The molecule has 0 aliphatic heterocycles. The van der Waals surface area contributed by atoms with Gasteiger partial charge in [0.1, 0.15) is 5.69 Å². The van der Waals surface area contributed by atoms with Gasteiger partial charge in [-0.2, -0.15) is 10.2 Å². The first kappa shape index (κ1) is 15.7. The van der Waals surface area contributed by atoms with Gasteiger partial charge in [0.2, 0.25) is 0 Å². The van der Waals surface area contributed by atoms with Gasteiger partial charge in [-0.05, 0) is 24.3 Å². The Morgan fingerprint density at radius 3 is 2.67 bits per heavy atom. The molecule has 24 heavy (non-hydrogen) atoms. The highest BCUT2D eigenvalue weighted by atomic mass is 19.1. The van der Waals surface area contributed by atoms with Crippen molar-refractivity contribution in [2.45, 2.75) is 0 Å². The van der Waals surface area contributed by atoms with E-state index in [1.165, 1.54) is 30.3 Å². The van der Waals surface area contributed by atoms with Crippen LogP contribution in [0.25, 0.3) is 17.1 Å². The van der Waals surface area contributed by atoms with Crippen molar-refractivity contribution in [1.29, 1.82) is 0 Å². The number of nitrogens with one attached hydrogen (secondary N) is 1. The zero-order chi connectivity index (χ0) is 17.3. The summed E-state index contributed by atoms with van der Waals surface area (Å²) in [6, 6.07) is 6.37. The predicted octanol–water partition coefficient (Wildman–Crippen LogP) is 1.84. The van der Waals surface area contributed by atoms with Crippen LogP contribution in [-0.4, -0.2) is 41.2 Å². The van der Waals surface area contributed by atoms with E-state index in [1.54, 1.807) is 23.1 Å². The molecular formula is C16H16FN5O2. The topological polar surface area (TPSA) is 76.0 Å². The second kappa shape index (κ2) is 6.15. The van der Waals surface area contributed by atoms with Gasteiger partial charge in [0.15, 0.2) is 17.3 Å². The van der Waals surface area contributed by atoms with Crippen LogP contribution in [0.1, 0.15) is 0 Å². The maximum Gasteiger partial charge on any atom is 0.251 e. The second-order valence-electron chi connectivity index (χ2n) is 5.32. The molecule has 0 aliphatic rings. The van der Waals surface area contributed by atoms with Crippen molar-refractivity contribution in [3.05, 3.63) is 52.7 Å². The van der Waals surface area contributed by atoms with E-state index >= 15 is 0 Å². The minimum Gasteiger partial charge on any atom is -0.491 e. The molecule has 3 aromatic rings. The summed E-state index contributed by atoms with van der Waals surface area (Å²) in [6.07, 6.45) is 2.86. The number of benzene rings is 1. The fourth-order valence-corrected chi connectivity index (χ4v) is 2.26. The molecule has 2 aromatic heterocycles. The fourth-order valence-electron chi connectivity index (χ4n) is 2.26. The standard InChI is InChI=1S/C16H16FN5O2/c1-21(2)10-4-5-13(11(17)8-10)22-9-14(24-3)16(23)15(20-22)12-6-7-18-19-12/h4-9H,1-3H3,(H,18,19). The molecule has 0 amide bonds. The number of aromatic nitrogens is 4. The van der Waals surface area contributed by atoms with Gasteiger partial charge in [-0.15, -0.1) is 0 Å². The van der Waals surface area contributed by atoms with E-state index < -0.39 is 11.2 Å². The molecule has 7 nitrogen and oxygen atoms in total. The van der Waals surface area contributed by atoms with Gasteiger partial charge in [-0.3, -0.25) is 9.89 Å². The second-order valence-corrected chi connectivity index (χ2v) is 5.32. The van der Waals surface area contributed by atoms with Crippen molar-refractivity contribution in [3.63, 3.8) is 0 Å². The summed E-state index contributed by atoms with van der Waals surface area (Å²) in [7, 11) is 5.03. The summed E-state index contributed by atoms with van der Waals surface area (Å²) in [5.74, 6) is -0.402. The number of methoxy groups -OCH3 is 1. The molecule has 3 rings (SSSR count). The molecule has 8 heteroatoms. The summed E-state index contributed by atoms with van der Waals surface area (Å²) in [6.45, 7) is 0. The van der Waals surface area contributed by atoms with Crippen molar-refractivity contribution in [1.82, 2.24) is 20.0 Å². The van der Waals surface area contributed by atoms with Gasteiger partial charge >= 0.3 is 0 Å². The lowest BCUT2D eigenvalue weighted by Crippen LogP contribution is -2.17. The lowest BCUT2D eigenvalue weighted by atomic mass is 10.2. The van der Waals surface area contributed by atoms with Crippen LogP contribution < -0.4 is 15.1 Å². The Bertz CT molecular complexity index is 919. The molecule has 0 atom stereocenters. The highest BCUT2D eigenvalue weighted by Gasteiger charge is 2.16. The normalized spacial score (nSPS) is 10.7. The van der Waals surface area contributed by atoms with E-state index in [4.69, 9.17) is 4.74 Å². The molecule has 0 saturated carbocycles. The lowest BCUT2D eigenvalue weighted by molar-refractivity contribution is 0.405. The number of halogens is 1. The molecule has 0 bridgehead atoms. The molecular weight excluding hydrogens is 313 g/mol. The number of nitrogens with zero attached hydrogens (tertiary/aromatic N) is 4. The smallest absolute Gasteiger partial charge is 0.251 e. The summed E-state index contributed by atoms with van der Waals surface area (Å²) in [4.78, 5) is 14.2. The number of aromatic amines is 1. The van der Waals surface area contributed by atoms with Crippen molar-refractivity contribution in [2.24, 2.45) is 0 Å². The number of rotatable bonds is 4. The van der Waals surface area contributed by atoms with Gasteiger partial charge in [0.25, 0.3) is 5.43 Å². The van der Waals surface area contributed by atoms with Crippen molar-refractivity contribution < 1.29 is 9.13 Å². The van der Waals surface area contributed by atoms with E-state index in [9.17, 15) is 9.18 Å². The summed E-state index contributed by atoms with van der Waals surface area (Å²) in [5, 5.41) is 10.7. The zero-order valence-electron chi connectivity index (χ0n) is 13.4. The van der Waals surface area contributed by atoms with Gasteiger partial charge in [0, 0.05) is 26.0 Å². The van der Waals surface area contributed by atoms with Crippen LogP contribution in [0.15, 0.2) is 41.5 Å². The molecule has 0 spiro atoms. The molecule has 0 fully saturated rings. The van der Waals surface area contributed by atoms with Crippen LogP contribution in [0.2, 0.25) is 0 Å². The highest BCUT2D eigenvalue weighted by molar-refractivity contribution is 5.56. The summed E-state index contributed by atoms with van der Waals surface area (Å²) < 4.78 is 20.9. The Balaban J connectivity index is 2.19. The number of hydrogen-bond donors (Lipinski definition) is 1. The van der Waals surface area contributed by atoms with E-state index in [1.807, 2.05) is 14.1 Å². The number of H-pyrrole nitrogens is 1.